The molecule has 6 heteroatoms. The van der Waals surface area contributed by atoms with E-state index in [1.807, 2.05) is 72.8 Å². The first-order chi connectivity index (χ1) is 18.7. The summed E-state index contributed by atoms with van der Waals surface area (Å²) in [6.45, 7) is 0.390. The number of ether oxygens (including phenoxy) is 1. The lowest BCUT2D eigenvalue weighted by molar-refractivity contribution is 0.306. The Morgan fingerprint density at radius 3 is 2.45 bits per heavy atom. The molecule has 6 rings (SSSR count). The summed E-state index contributed by atoms with van der Waals surface area (Å²) in [4.78, 5) is 18.6. The zero-order chi connectivity index (χ0) is 25.9. The molecule has 0 amide bonds. The highest BCUT2D eigenvalue weighted by Gasteiger charge is 2.22. The number of hydrogen-bond acceptors (Lipinski definition) is 4. The Morgan fingerprint density at radius 2 is 1.63 bits per heavy atom. The lowest BCUT2D eigenvalue weighted by Gasteiger charge is -2.22. The van der Waals surface area contributed by atoms with Gasteiger partial charge in [0, 0.05) is 16.5 Å². The summed E-state index contributed by atoms with van der Waals surface area (Å²) >= 11 is 6.05. The summed E-state index contributed by atoms with van der Waals surface area (Å²) in [5, 5.41) is 8.14. The van der Waals surface area contributed by atoms with Crippen molar-refractivity contribution >= 4 is 39.5 Å². The van der Waals surface area contributed by atoms with E-state index >= 15 is 0 Å². The van der Waals surface area contributed by atoms with Crippen LogP contribution in [0.5, 0.6) is 5.75 Å². The number of fused-ring (bicyclic) bond motifs is 2. The summed E-state index contributed by atoms with van der Waals surface area (Å²) in [6.07, 6.45) is 7.30. The molecule has 1 heterocycles. The number of nitrogens with zero attached hydrogens (tertiary/aromatic N) is 3. The van der Waals surface area contributed by atoms with E-state index in [1.165, 1.54) is 11.1 Å². The number of halogens is 1. The molecule has 1 aliphatic rings. The third-order valence-corrected chi connectivity index (χ3v) is 7.54. The minimum absolute atomic E-state index is 0.142. The predicted octanol–water partition coefficient (Wildman–Crippen LogP) is 7.71. The molecule has 0 spiro atoms. The van der Waals surface area contributed by atoms with Crippen molar-refractivity contribution in [1.29, 1.82) is 0 Å². The number of benzene rings is 4. The van der Waals surface area contributed by atoms with Gasteiger partial charge in [0.05, 0.1) is 17.1 Å². The summed E-state index contributed by atoms with van der Waals surface area (Å²) in [6, 6.07) is 27.3. The standard InChI is InChI=1S/C32H28ClN3O2/c33-25-17-14-22(15-18-25)21-38-30-19-16-23-8-4-5-11-26(23)28(30)20-34-36-31(24-9-2-1-3-10-24)35-29-13-7-6-12-27(29)32(36)37/h4-8,11-20,24H,1-3,9-10,21H2. The first kappa shape index (κ1) is 24.4. The Labute approximate surface area is 226 Å². The quantitative estimate of drug-likeness (QED) is 0.215. The fourth-order valence-corrected chi connectivity index (χ4v) is 5.40. The SMILES string of the molecule is O=c1c2ccccc2nc(C2CCCCC2)n1N=Cc1c(OCc2ccc(Cl)cc2)ccc2ccccc12. The number of hydrogen-bond donors (Lipinski definition) is 0. The van der Waals surface area contributed by atoms with E-state index in [0.29, 0.717) is 22.8 Å². The molecule has 190 valence electrons. The van der Waals surface area contributed by atoms with E-state index in [9.17, 15) is 4.79 Å². The highest BCUT2D eigenvalue weighted by Crippen LogP contribution is 2.32. The maximum atomic E-state index is 13.7. The van der Waals surface area contributed by atoms with Crippen molar-refractivity contribution in [1.82, 2.24) is 9.66 Å². The van der Waals surface area contributed by atoms with Gasteiger partial charge in [0.2, 0.25) is 0 Å². The van der Waals surface area contributed by atoms with E-state index < -0.39 is 0 Å². The molecule has 0 N–H and O–H groups in total. The van der Waals surface area contributed by atoms with Crippen molar-refractivity contribution in [2.24, 2.45) is 5.10 Å². The van der Waals surface area contributed by atoms with Gasteiger partial charge < -0.3 is 4.74 Å². The van der Waals surface area contributed by atoms with E-state index in [0.717, 1.165) is 58.9 Å². The van der Waals surface area contributed by atoms with E-state index in [-0.39, 0.29) is 11.5 Å². The summed E-state index contributed by atoms with van der Waals surface area (Å²) in [5.74, 6) is 1.66. The maximum Gasteiger partial charge on any atom is 0.282 e. The Hall–Kier alpha value is -3.96. The van der Waals surface area contributed by atoms with Crippen molar-refractivity contribution in [3.63, 3.8) is 0 Å². The van der Waals surface area contributed by atoms with Gasteiger partial charge in [-0.3, -0.25) is 4.79 Å². The second-order valence-corrected chi connectivity index (χ2v) is 10.2. The molecule has 0 saturated heterocycles. The van der Waals surface area contributed by atoms with Crippen LogP contribution in [0.2, 0.25) is 5.02 Å². The number of aromatic nitrogens is 2. The minimum Gasteiger partial charge on any atom is -0.488 e. The van der Waals surface area contributed by atoms with Crippen LogP contribution in [0.25, 0.3) is 21.7 Å². The maximum absolute atomic E-state index is 13.7. The fraction of sp³-hybridized carbons (Fsp3) is 0.219. The van der Waals surface area contributed by atoms with Crippen molar-refractivity contribution in [3.8, 4) is 5.75 Å². The zero-order valence-corrected chi connectivity index (χ0v) is 21.8. The molecule has 1 saturated carbocycles. The number of rotatable bonds is 6. The first-order valence-electron chi connectivity index (χ1n) is 13.1. The average molecular weight is 522 g/mol. The molecule has 5 nitrogen and oxygen atoms in total. The van der Waals surface area contributed by atoms with Crippen LogP contribution in [0.15, 0.2) is 94.8 Å². The molecule has 1 aromatic heterocycles. The molecule has 0 unspecified atom stereocenters. The number of para-hydroxylation sites is 1. The van der Waals surface area contributed by atoms with Crippen LogP contribution in [-0.2, 0) is 6.61 Å². The lowest BCUT2D eigenvalue weighted by atomic mass is 9.88. The van der Waals surface area contributed by atoms with Gasteiger partial charge in [0.15, 0.2) is 0 Å². The van der Waals surface area contributed by atoms with Gasteiger partial charge in [0.1, 0.15) is 18.2 Å². The predicted molar refractivity (Wildman–Crippen MR) is 155 cm³/mol. The van der Waals surface area contributed by atoms with E-state index in [4.69, 9.17) is 26.4 Å². The minimum atomic E-state index is -0.142. The molecule has 1 aliphatic carbocycles. The van der Waals surface area contributed by atoms with Gasteiger partial charge in [-0.05, 0) is 59.5 Å². The van der Waals surface area contributed by atoms with Gasteiger partial charge in [0.25, 0.3) is 5.56 Å². The van der Waals surface area contributed by atoms with Crippen LogP contribution in [0.1, 0.15) is 55.0 Å². The second kappa shape index (κ2) is 10.8. The summed E-state index contributed by atoms with van der Waals surface area (Å²) in [5.41, 5.74) is 2.42. The Bertz CT molecular complexity index is 1690. The molecule has 0 radical (unpaired) electrons. The lowest BCUT2D eigenvalue weighted by Crippen LogP contribution is -2.25. The largest absolute Gasteiger partial charge is 0.488 e. The van der Waals surface area contributed by atoms with E-state index in [2.05, 4.69) is 12.1 Å². The van der Waals surface area contributed by atoms with Crippen molar-refractivity contribution in [2.75, 3.05) is 0 Å². The third-order valence-electron chi connectivity index (χ3n) is 7.29. The monoisotopic (exact) mass is 521 g/mol. The van der Waals surface area contributed by atoms with Crippen molar-refractivity contribution in [3.05, 3.63) is 117 Å². The molecular weight excluding hydrogens is 494 g/mol. The second-order valence-electron chi connectivity index (χ2n) is 9.80. The zero-order valence-electron chi connectivity index (χ0n) is 21.0. The molecular formula is C32H28ClN3O2. The van der Waals surface area contributed by atoms with Crippen LogP contribution in [0.4, 0.5) is 0 Å². The molecule has 38 heavy (non-hydrogen) atoms. The first-order valence-corrected chi connectivity index (χ1v) is 13.5. The van der Waals surface area contributed by atoms with Crippen LogP contribution in [0, 0.1) is 0 Å². The third kappa shape index (κ3) is 4.94. The van der Waals surface area contributed by atoms with Crippen LogP contribution in [-0.4, -0.2) is 15.9 Å². The smallest absolute Gasteiger partial charge is 0.282 e. The average Bonchev–Trinajstić information content (AvgIpc) is 2.97. The topological polar surface area (TPSA) is 56.5 Å². The van der Waals surface area contributed by atoms with Crippen molar-refractivity contribution in [2.45, 2.75) is 44.6 Å². The van der Waals surface area contributed by atoms with Gasteiger partial charge in [-0.15, -0.1) is 0 Å². The van der Waals surface area contributed by atoms with Crippen LogP contribution < -0.4 is 10.3 Å². The van der Waals surface area contributed by atoms with Crippen molar-refractivity contribution < 1.29 is 4.74 Å². The highest BCUT2D eigenvalue weighted by molar-refractivity contribution is 6.30. The van der Waals surface area contributed by atoms with Gasteiger partial charge in [-0.1, -0.05) is 85.5 Å². The van der Waals surface area contributed by atoms with Gasteiger partial charge >= 0.3 is 0 Å². The molecule has 0 atom stereocenters. The Kier molecular flexibility index (Phi) is 6.93. The molecule has 5 aromatic rings. The Morgan fingerprint density at radius 1 is 0.895 bits per heavy atom. The molecule has 0 bridgehead atoms. The van der Waals surface area contributed by atoms with Gasteiger partial charge in [-0.25, -0.2) is 4.98 Å². The van der Waals surface area contributed by atoms with Crippen LogP contribution >= 0.6 is 11.6 Å². The van der Waals surface area contributed by atoms with Crippen LogP contribution in [0.3, 0.4) is 0 Å². The normalized spacial score (nSPS) is 14.4. The van der Waals surface area contributed by atoms with Gasteiger partial charge in [-0.2, -0.15) is 9.78 Å². The summed E-state index contributed by atoms with van der Waals surface area (Å²) < 4.78 is 7.79. The summed E-state index contributed by atoms with van der Waals surface area (Å²) in [7, 11) is 0. The molecule has 1 fully saturated rings. The fourth-order valence-electron chi connectivity index (χ4n) is 5.27. The molecule has 0 aliphatic heterocycles. The van der Waals surface area contributed by atoms with E-state index in [1.54, 1.807) is 6.21 Å². The highest BCUT2D eigenvalue weighted by atomic mass is 35.5. The Balaban J connectivity index is 1.45. The molecule has 4 aromatic carbocycles.